The van der Waals surface area contributed by atoms with Gasteiger partial charge in [0.25, 0.3) is 0 Å². The van der Waals surface area contributed by atoms with Gasteiger partial charge in [-0.25, -0.2) is 4.79 Å². The minimum Gasteiger partial charge on any atom is -0.444 e. The number of rotatable bonds is 5. The van der Waals surface area contributed by atoms with E-state index in [-0.39, 0.29) is 12.3 Å². The quantitative estimate of drug-likeness (QED) is 0.653. The van der Waals surface area contributed by atoms with Crippen LogP contribution >= 0.6 is 0 Å². The molecule has 0 aliphatic rings. The van der Waals surface area contributed by atoms with Crippen LogP contribution in [-0.4, -0.2) is 11.0 Å². The molecule has 2 rings (SSSR count). The normalized spacial score (nSPS) is 11.0. The van der Waals surface area contributed by atoms with E-state index in [2.05, 4.69) is 5.32 Å². The fourth-order valence-electron chi connectivity index (χ4n) is 2.09. The van der Waals surface area contributed by atoms with E-state index >= 15 is 0 Å². The second-order valence-electron chi connectivity index (χ2n) is 5.25. The lowest BCUT2D eigenvalue weighted by Gasteiger charge is -2.11. The van der Waals surface area contributed by atoms with E-state index in [0.717, 1.165) is 11.1 Å². The molecule has 2 aromatic carbocycles. The molecule has 1 amide bonds. The van der Waals surface area contributed by atoms with Crippen molar-refractivity contribution in [2.45, 2.75) is 20.5 Å². The van der Waals surface area contributed by atoms with Crippen molar-refractivity contribution < 1.29 is 14.5 Å². The van der Waals surface area contributed by atoms with Crippen LogP contribution in [0.3, 0.4) is 0 Å². The maximum Gasteiger partial charge on any atom is 0.411 e. The number of hydrogen-bond acceptors (Lipinski definition) is 4. The van der Waals surface area contributed by atoms with Crippen LogP contribution < -0.4 is 5.32 Å². The SMILES string of the molecule is C/C(=C\c1cccc(NC(=O)OCc2ccccc2)c1C)[N+](=O)[O-]. The van der Waals surface area contributed by atoms with Gasteiger partial charge in [-0.15, -0.1) is 0 Å². The van der Waals surface area contributed by atoms with Gasteiger partial charge in [-0.05, 0) is 29.7 Å². The van der Waals surface area contributed by atoms with Gasteiger partial charge in [0.15, 0.2) is 0 Å². The molecule has 0 spiro atoms. The molecule has 0 heterocycles. The molecule has 124 valence electrons. The Morgan fingerprint density at radius 2 is 1.92 bits per heavy atom. The molecule has 0 unspecified atom stereocenters. The summed E-state index contributed by atoms with van der Waals surface area (Å²) in [4.78, 5) is 22.2. The number of allylic oxidation sites excluding steroid dienone is 1. The average Bonchev–Trinajstić information content (AvgIpc) is 2.57. The Balaban J connectivity index is 2.05. The molecular weight excluding hydrogens is 308 g/mol. The zero-order valence-corrected chi connectivity index (χ0v) is 13.5. The highest BCUT2D eigenvalue weighted by molar-refractivity contribution is 5.86. The van der Waals surface area contributed by atoms with Crippen LogP contribution in [-0.2, 0) is 11.3 Å². The van der Waals surface area contributed by atoms with Gasteiger partial charge in [0.1, 0.15) is 6.61 Å². The maximum atomic E-state index is 11.9. The van der Waals surface area contributed by atoms with E-state index in [1.54, 1.807) is 25.1 Å². The number of nitro groups is 1. The Labute approximate surface area is 139 Å². The molecular formula is C18H18N2O4. The smallest absolute Gasteiger partial charge is 0.411 e. The lowest BCUT2D eigenvalue weighted by Crippen LogP contribution is -2.14. The van der Waals surface area contributed by atoms with Crippen LogP contribution in [0.15, 0.2) is 54.2 Å². The number of ether oxygens (including phenoxy) is 1. The third kappa shape index (κ3) is 4.67. The molecule has 1 N–H and O–H groups in total. The fourth-order valence-corrected chi connectivity index (χ4v) is 2.09. The Bertz CT molecular complexity index is 770. The largest absolute Gasteiger partial charge is 0.444 e. The standard InChI is InChI=1S/C18H18N2O4/c1-13(20(22)23)11-16-9-6-10-17(14(16)2)19-18(21)24-12-15-7-4-3-5-8-15/h3-11H,12H2,1-2H3,(H,19,21)/b13-11+. The first-order chi connectivity index (χ1) is 11.5. The molecule has 0 aromatic heterocycles. The number of hydrogen-bond donors (Lipinski definition) is 1. The molecule has 0 atom stereocenters. The van der Waals surface area contributed by atoms with Gasteiger partial charge in [0, 0.05) is 18.7 Å². The average molecular weight is 326 g/mol. The first-order valence-electron chi connectivity index (χ1n) is 7.37. The third-order valence-electron chi connectivity index (χ3n) is 3.48. The second-order valence-corrected chi connectivity index (χ2v) is 5.25. The van der Waals surface area contributed by atoms with Gasteiger partial charge in [-0.3, -0.25) is 15.4 Å². The second kappa shape index (κ2) is 7.92. The van der Waals surface area contributed by atoms with Crippen molar-refractivity contribution in [3.05, 3.63) is 81.0 Å². The van der Waals surface area contributed by atoms with Gasteiger partial charge < -0.3 is 4.74 Å². The predicted octanol–water partition coefficient (Wildman–Crippen LogP) is 4.38. The molecule has 0 saturated carbocycles. The lowest BCUT2D eigenvalue weighted by molar-refractivity contribution is -0.422. The zero-order chi connectivity index (χ0) is 17.5. The Morgan fingerprint density at radius 3 is 2.58 bits per heavy atom. The van der Waals surface area contributed by atoms with Crippen LogP contribution in [0.2, 0.25) is 0 Å². The highest BCUT2D eigenvalue weighted by Gasteiger charge is 2.10. The first-order valence-corrected chi connectivity index (χ1v) is 7.37. The van der Waals surface area contributed by atoms with E-state index in [4.69, 9.17) is 4.74 Å². The summed E-state index contributed by atoms with van der Waals surface area (Å²) in [6.45, 7) is 3.38. The zero-order valence-electron chi connectivity index (χ0n) is 13.5. The summed E-state index contributed by atoms with van der Waals surface area (Å²) < 4.78 is 5.17. The predicted molar refractivity (Wildman–Crippen MR) is 92.1 cm³/mol. The number of benzene rings is 2. The molecule has 6 heteroatoms. The number of carbonyl (C=O) groups excluding carboxylic acids is 1. The molecule has 0 bridgehead atoms. The van der Waals surface area contributed by atoms with E-state index < -0.39 is 11.0 Å². The van der Waals surface area contributed by atoms with Crippen LogP contribution in [0, 0.1) is 17.0 Å². The summed E-state index contributed by atoms with van der Waals surface area (Å²) in [7, 11) is 0. The lowest BCUT2D eigenvalue weighted by atomic mass is 10.1. The summed E-state index contributed by atoms with van der Waals surface area (Å²) in [5, 5.41) is 13.4. The first kappa shape index (κ1) is 17.2. The number of nitrogens with one attached hydrogen (secondary N) is 1. The summed E-state index contributed by atoms with van der Waals surface area (Å²) in [5.74, 6) is 0. The molecule has 0 radical (unpaired) electrons. The Morgan fingerprint density at radius 1 is 1.21 bits per heavy atom. The molecule has 2 aromatic rings. The Kier molecular flexibility index (Phi) is 5.68. The molecule has 0 aliphatic carbocycles. The topological polar surface area (TPSA) is 81.5 Å². The van der Waals surface area contributed by atoms with E-state index in [1.807, 2.05) is 30.3 Å². The molecule has 0 saturated heterocycles. The van der Waals surface area contributed by atoms with Crippen LogP contribution in [0.4, 0.5) is 10.5 Å². The number of carbonyl (C=O) groups is 1. The van der Waals surface area contributed by atoms with Crippen molar-refractivity contribution in [3.8, 4) is 0 Å². The van der Waals surface area contributed by atoms with Crippen LogP contribution in [0.25, 0.3) is 6.08 Å². The van der Waals surface area contributed by atoms with E-state index in [1.165, 1.54) is 13.0 Å². The highest BCUT2D eigenvalue weighted by Crippen LogP contribution is 2.21. The summed E-state index contributed by atoms with van der Waals surface area (Å²) >= 11 is 0. The molecule has 0 fully saturated rings. The van der Waals surface area contributed by atoms with Gasteiger partial charge in [-0.1, -0.05) is 42.5 Å². The summed E-state index contributed by atoms with van der Waals surface area (Å²) in [6, 6.07) is 14.6. The number of nitrogens with zero attached hydrogens (tertiary/aromatic N) is 1. The van der Waals surface area contributed by atoms with E-state index in [9.17, 15) is 14.9 Å². The summed E-state index contributed by atoms with van der Waals surface area (Å²) in [6.07, 6.45) is 0.893. The monoisotopic (exact) mass is 326 g/mol. The maximum absolute atomic E-state index is 11.9. The van der Waals surface area contributed by atoms with Crippen LogP contribution in [0.1, 0.15) is 23.6 Å². The molecule has 6 nitrogen and oxygen atoms in total. The number of anilines is 1. The highest BCUT2D eigenvalue weighted by atomic mass is 16.6. The van der Waals surface area contributed by atoms with Gasteiger partial charge in [-0.2, -0.15) is 0 Å². The molecule has 0 aliphatic heterocycles. The minimum absolute atomic E-state index is 0.0295. The van der Waals surface area contributed by atoms with Crippen molar-refractivity contribution in [2.24, 2.45) is 0 Å². The van der Waals surface area contributed by atoms with Crippen molar-refractivity contribution >= 4 is 17.9 Å². The van der Waals surface area contributed by atoms with Gasteiger partial charge in [0.2, 0.25) is 5.70 Å². The molecule has 24 heavy (non-hydrogen) atoms. The van der Waals surface area contributed by atoms with Crippen molar-refractivity contribution in [1.29, 1.82) is 0 Å². The number of amides is 1. The summed E-state index contributed by atoms with van der Waals surface area (Å²) in [5.41, 5.74) is 2.88. The van der Waals surface area contributed by atoms with Crippen LogP contribution in [0.5, 0.6) is 0 Å². The van der Waals surface area contributed by atoms with Gasteiger partial charge >= 0.3 is 6.09 Å². The van der Waals surface area contributed by atoms with Crippen molar-refractivity contribution in [2.75, 3.05) is 5.32 Å². The van der Waals surface area contributed by atoms with Crippen molar-refractivity contribution in [3.63, 3.8) is 0 Å². The Hall–Kier alpha value is -3.15. The van der Waals surface area contributed by atoms with Gasteiger partial charge in [0.05, 0.1) is 4.92 Å². The van der Waals surface area contributed by atoms with Crippen molar-refractivity contribution in [1.82, 2.24) is 0 Å². The fraction of sp³-hybridized carbons (Fsp3) is 0.167. The minimum atomic E-state index is -0.575. The third-order valence-corrected chi connectivity index (χ3v) is 3.48. The van der Waals surface area contributed by atoms with E-state index in [0.29, 0.717) is 11.3 Å².